The number of halogens is 1. The van der Waals surface area contributed by atoms with E-state index in [1.54, 1.807) is 17.0 Å². The molecule has 0 saturated heterocycles. The minimum absolute atomic E-state index is 0.0811. The van der Waals surface area contributed by atoms with Crippen LogP contribution in [0.25, 0.3) is 0 Å². The van der Waals surface area contributed by atoms with Crippen LogP contribution in [0.4, 0.5) is 4.39 Å². The van der Waals surface area contributed by atoms with Crippen LogP contribution in [0.5, 0.6) is 0 Å². The molecule has 36 heavy (non-hydrogen) atoms. The summed E-state index contributed by atoms with van der Waals surface area (Å²) >= 11 is 0. The molecule has 1 unspecified atom stereocenters. The zero-order valence-electron chi connectivity index (χ0n) is 21.0. The fraction of sp³-hybridized carbons (Fsp3) is 0.355. The molecule has 4 nitrogen and oxygen atoms in total. The van der Waals surface area contributed by atoms with E-state index in [-0.39, 0.29) is 30.2 Å². The van der Waals surface area contributed by atoms with E-state index in [2.05, 4.69) is 5.32 Å². The van der Waals surface area contributed by atoms with Gasteiger partial charge in [0.15, 0.2) is 0 Å². The van der Waals surface area contributed by atoms with Gasteiger partial charge in [-0.15, -0.1) is 0 Å². The van der Waals surface area contributed by atoms with Gasteiger partial charge in [-0.25, -0.2) is 4.39 Å². The maximum atomic E-state index is 13.7. The molecule has 0 aromatic heterocycles. The Morgan fingerprint density at radius 1 is 0.889 bits per heavy atom. The fourth-order valence-electron chi connectivity index (χ4n) is 4.86. The van der Waals surface area contributed by atoms with Crippen molar-refractivity contribution in [2.45, 2.75) is 70.5 Å². The first kappa shape index (κ1) is 25.6. The van der Waals surface area contributed by atoms with E-state index in [0.717, 1.165) is 42.4 Å². The Morgan fingerprint density at radius 3 is 2.19 bits per heavy atom. The highest BCUT2D eigenvalue weighted by molar-refractivity contribution is 5.88. The molecule has 2 amide bonds. The maximum Gasteiger partial charge on any atom is 0.243 e. The molecule has 1 N–H and O–H groups in total. The lowest BCUT2D eigenvalue weighted by atomic mass is 10.0. The first-order valence-corrected chi connectivity index (χ1v) is 12.9. The molecule has 1 atom stereocenters. The number of benzene rings is 3. The number of nitrogens with zero attached hydrogens (tertiary/aromatic N) is 1. The van der Waals surface area contributed by atoms with Gasteiger partial charge in [0.1, 0.15) is 11.9 Å². The van der Waals surface area contributed by atoms with Crippen molar-refractivity contribution in [2.75, 3.05) is 0 Å². The van der Waals surface area contributed by atoms with E-state index in [1.807, 2.05) is 61.5 Å². The highest BCUT2D eigenvalue weighted by Gasteiger charge is 2.32. The van der Waals surface area contributed by atoms with Gasteiger partial charge in [0.2, 0.25) is 11.8 Å². The van der Waals surface area contributed by atoms with Gasteiger partial charge in [-0.05, 0) is 55.0 Å². The van der Waals surface area contributed by atoms with E-state index in [4.69, 9.17) is 0 Å². The van der Waals surface area contributed by atoms with Crippen LogP contribution in [0.3, 0.4) is 0 Å². The summed E-state index contributed by atoms with van der Waals surface area (Å²) < 4.78 is 13.6. The van der Waals surface area contributed by atoms with Gasteiger partial charge in [-0.2, -0.15) is 0 Å². The monoisotopic (exact) mass is 486 g/mol. The number of carbonyl (C=O) groups is 2. The first-order chi connectivity index (χ1) is 17.5. The lowest BCUT2D eigenvalue weighted by Crippen LogP contribution is -2.52. The normalized spacial score (nSPS) is 14.4. The van der Waals surface area contributed by atoms with Gasteiger partial charge in [0, 0.05) is 25.4 Å². The number of rotatable bonds is 10. The van der Waals surface area contributed by atoms with Gasteiger partial charge in [0.25, 0.3) is 0 Å². The van der Waals surface area contributed by atoms with Crippen LogP contribution < -0.4 is 5.32 Å². The summed E-state index contributed by atoms with van der Waals surface area (Å²) in [5, 5.41) is 3.22. The largest absolute Gasteiger partial charge is 0.352 e. The van der Waals surface area contributed by atoms with Gasteiger partial charge in [0.05, 0.1) is 0 Å². The van der Waals surface area contributed by atoms with Crippen molar-refractivity contribution in [2.24, 2.45) is 0 Å². The summed E-state index contributed by atoms with van der Waals surface area (Å²) in [6.07, 6.45) is 5.50. The molecule has 1 fully saturated rings. The zero-order chi connectivity index (χ0) is 25.3. The highest BCUT2D eigenvalue weighted by atomic mass is 19.1. The second-order valence-corrected chi connectivity index (χ2v) is 9.83. The molecule has 0 radical (unpaired) electrons. The average Bonchev–Trinajstić information content (AvgIpc) is 3.40. The molecular weight excluding hydrogens is 451 g/mol. The SMILES string of the molecule is Cc1ccc(CCC(=O)N(Cc2ccc(F)cc2)C(Cc2ccccc2)C(=O)NC2CCCC2)cc1. The molecule has 0 bridgehead atoms. The molecule has 0 spiro atoms. The Labute approximate surface area is 213 Å². The lowest BCUT2D eigenvalue weighted by molar-refractivity contribution is -0.141. The number of carbonyl (C=O) groups excluding carboxylic acids is 2. The Morgan fingerprint density at radius 2 is 1.53 bits per heavy atom. The van der Waals surface area contributed by atoms with Crippen molar-refractivity contribution in [3.8, 4) is 0 Å². The summed E-state index contributed by atoms with van der Waals surface area (Å²) in [7, 11) is 0. The fourth-order valence-corrected chi connectivity index (χ4v) is 4.86. The quantitative estimate of drug-likeness (QED) is 0.396. The predicted octanol–water partition coefficient (Wildman–Crippen LogP) is 5.77. The summed E-state index contributed by atoms with van der Waals surface area (Å²) in [5.74, 6) is -0.519. The van der Waals surface area contributed by atoms with Crippen molar-refractivity contribution in [3.05, 3.63) is 107 Å². The standard InChI is InChI=1S/C31H35FN2O2/c1-23-11-13-24(14-12-23)17-20-30(35)34(22-26-15-18-27(32)19-16-26)29(21-25-7-3-2-4-8-25)31(36)33-28-9-5-6-10-28/h2-4,7-8,11-16,18-19,28-29H,5-6,9-10,17,20-22H2,1H3,(H,33,36). The Hall–Kier alpha value is -3.47. The number of amides is 2. The smallest absolute Gasteiger partial charge is 0.243 e. The van der Waals surface area contributed by atoms with E-state index >= 15 is 0 Å². The summed E-state index contributed by atoms with van der Waals surface area (Å²) in [4.78, 5) is 29.0. The van der Waals surface area contributed by atoms with Gasteiger partial charge in [-0.1, -0.05) is 85.1 Å². The van der Waals surface area contributed by atoms with Gasteiger partial charge < -0.3 is 10.2 Å². The number of aryl methyl sites for hydroxylation is 2. The Balaban J connectivity index is 1.59. The molecule has 1 saturated carbocycles. The summed E-state index contributed by atoms with van der Waals surface area (Å²) in [5.41, 5.74) is 4.06. The minimum Gasteiger partial charge on any atom is -0.352 e. The second-order valence-electron chi connectivity index (χ2n) is 9.83. The number of hydrogen-bond donors (Lipinski definition) is 1. The second kappa shape index (κ2) is 12.5. The van der Waals surface area contributed by atoms with Crippen molar-refractivity contribution in [3.63, 3.8) is 0 Å². The number of hydrogen-bond acceptors (Lipinski definition) is 2. The maximum absolute atomic E-state index is 13.7. The molecule has 4 rings (SSSR count). The van der Waals surface area contributed by atoms with Crippen LogP contribution in [-0.4, -0.2) is 28.8 Å². The van der Waals surface area contributed by atoms with Crippen molar-refractivity contribution < 1.29 is 14.0 Å². The third kappa shape index (κ3) is 7.27. The number of nitrogens with one attached hydrogen (secondary N) is 1. The van der Waals surface area contributed by atoms with Crippen LogP contribution in [0.15, 0.2) is 78.9 Å². The zero-order valence-corrected chi connectivity index (χ0v) is 21.0. The molecule has 5 heteroatoms. The molecule has 3 aromatic rings. The highest BCUT2D eigenvalue weighted by Crippen LogP contribution is 2.21. The molecule has 188 valence electrons. The molecular formula is C31H35FN2O2. The lowest BCUT2D eigenvalue weighted by Gasteiger charge is -2.32. The van der Waals surface area contributed by atoms with Crippen molar-refractivity contribution >= 4 is 11.8 Å². The minimum atomic E-state index is -0.649. The summed E-state index contributed by atoms with van der Waals surface area (Å²) in [6, 6.07) is 23.7. The van der Waals surface area contributed by atoms with E-state index < -0.39 is 6.04 Å². The molecule has 0 aliphatic heterocycles. The first-order valence-electron chi connectivity index (χ1n) is 12.9. The third-order valence-electron chi connectivity index (χ3n) is 6.99. The third-order valence-corrected chi connectivity index (χ3v) is 6.99. The predicted molar refractivity (Wildman–Crippen MR) is 141 cm³/mol. The molecule has 3 aromatic carbocycles. The van der Waals surface area contributed by atoms with Gasteiger partial charge in [-0.3, -0.25) is 9.59 Å². The van der Waals surface area contributed by atoms with E-state index in [9.17, 15) is 14.0 Å². The van der Waals surface area contributed by atoms with Crippen LogP contribution >= 0.6 is 0 Å². The molecule has 1 aliphatic carbocycles. The van der Waals surface area contributed by atoms with Crippen LogP contribution in [0.2, 0.25) is 0 Å². The van der Waals surface area contributed by atoms with E-state index in [0.29, 0.717) is 19.3 Å². The Kier molecular flexibility index (Phi) is 8.88. The average molecular weight is 487 g/mol. The van der Waals surface area contributed by atoms with Crippen molar-refractivity contribution in [1.29, 1.82) is 0 Å². The molecule has 1 aliphatic rings. The molecule has 0 heterocycles. The van der Waals surface area contributed by atoms with Crippen LogP contribution in [0, 0.1) is 12.7 Å². The van der Waals surface area contributed by atoms with Crippen molar-refractivity contribution in [1.82, 2.24) is 10.2 Å². The van der Waals surface area contributed by atoms with Crippen LogP contribution in [-0.2, 0) is 29.0 Å². The van der Waals surface area contributed by atoms with Gasteiger partial charge >= 0.3 is 0 Å². The topological polar surface area (TPSA) is 49.4 Å². The van der Waals surface area contributed by atoms with Crippen LogP contribution in [0.1, 0.15) is 54.4 Å². The van der Waals surface area contributed by atoms with E-state index in [1.165, 1.54) is 17.7 Å². The summed E-state index contributed by atoms with van der Waals surface area (Å²) in [6.45, 7) is 2.29. The Bertz CT molecular complexity index is 1120.